The van der Waals surface area contributed by atoms with Crippen LogP contribution in [0.15, 0.2) is 18.2 Å². The number of hydrogen-bond donors (Lipinski definition) is 2. The summed E-state index contributed by atoms with van der Waals surface area (Å²) in [6.07, 6.45) is 0. The Labute approximate surface area is 174 Å². The van der Waals surface area contributed by atoms with Crippen LogP contribution in [0.3, 0.4) is 0 Å². The molecule has 154 valence electrons. The van der Waals surface area contributed by atoms with Crippen molar-refractivity contribution in [3.63, 3.8) is 0 Å². The number of nitrogens with one attached hydrogen (secondary N) is 2. The fourth-order valence-electron chi connectivity index (χ4n) is 3.23. The number of carbonyl (C=O) groups is 1. The van der Waals surface area contributed by atoms with Gasteiger partial charge in [0.25, 0.3) is 0 Å². The highest BCUT2D eigenvalue weighted by molar-refractivity contribution is 6.29. The molecule has 0 saturated heterocycles. The number of anilines is 1. The number of fused-ring (bicyclic) bond motifs is 1. The van der Waals surface area contributed by atoms with Crippen LogP contribution in [0.25, 0.3) is 11.0 Å². The molecule has 0 aliphatic rings. The van der Waals surface area contributed by atoms with Crippen LogP contribution in [0.4, 0.5) is 5.82 Å². The highest BCUT2D eigenvalue weighted by Gasteiger charge is 2.19. The van der Waals surface area contributed by atoms with E-state index in [-0.39, 0.29) is 17.0 Å². The number of carbonyl (C=O) groups excluding carboxylic acids is 1. The van der Waals surface area contributed by atoms with E-state index in [0.29, 0.717) is 17.3 Å². The lowest BCUT2D eigenvalue weighted by Crippen LogP contribution is -2.33. The lowest BCUT2D eigenvalue weighted by atomic mass is 10.00. The number of halogens is 1. The molecule has 29 heavy (non-hydrogen) atoms. The summed E-state index contributed by atoms with van der Waals surface area (Å²) in [5, 5.41) is 5.79. The van der Waals surface area contributed by atoms with E-state index in [1.807, 2.05) is 20.0 Å². The minimum absolute atomic E-state index is 0.233. The second-order valence-electron chi connectivity index (χ2n) is 7.26. The quantitative estimate of drug-likeness (QED) is 0.471. The minimum Gasteiger partial charge on any atom is -0.481 e. The summed E-state index contributed by atoms with van der Waals surface area (Å²) >= 11 is 6.01. The maximum Gasteiger partial charge on any atom is 0.245 e. The summed E-state index contributed by atoms with van der Waals surface area (Å²) in [6, 6.07) is 5.28. The fraction of sp³-hybridized carbons (Fsp3) is 0.400. The number of hydrazine groups is 1. The van der Waals surface area contributed by atoms with Gasteiger partial charge in [-0.25, -0.2) is 9.97 Å². The van der Waals surface area contributed by atoms with Gasteiger partial charge in [-0.2, -0.15) is 5.10 Å². The van der Waals surface area contributed by atoms with E-state index in [0.717, 1.165) is 22.3 Å². The van der Waals surface area contributed by atoms with Crippen molar-refractivity contribution in [1.29, 1.82) is 0 Å². The molecule has 0 spiro atoms. The van der Waals surface area contributed by atoms with Gasteiger partial charge in [-0.05, 0) is 43.0 Å². The van der Waals surface area contributed by atoms with E-state index < -0.39 is 5.92 Å². The summed E-state index contributed by atoms with van der Waals surface area (Å²) in [5.41, 5.74) is 9.19. The Balaban J connectivity index is 1.82. The van der Waals surface area contributed by atoms with Crippen molar-refractivity contribution in [2.24, 2.45) is 7.05 Å². The van der Waals surface area contributed by atoms with E-state index >= 15 is 0 Å². The molecule has 9 heteroatoms. The van der Waals surface area contributed by atoms with Gasteiger partial charge in [0.2, 0.25) is 11.8 Å². The van der Waals surface area contributed by atoms with Crippen LogP contribution < -0.4 is 15.6 Å². The maximum atomic E-state index is 12.7. The van der Waals surface area contributed by atoms with Crippen LogP contribution in [0.5, 0.6) is 5.88 Å². The first-order valence-corrected chi connectivity index (χ1v) is 9.70. The van der Waals surface area contributed by atoms with Gasteiger partial charge in [-0.3, -0.25) is 20.3 Å². The van der Waals surface area contributed by atoms with Gasteiger partial charge in [-0.15, -0.1) is 0 Å². The minimum atomic E-state index is -0.468. The SMILES string of the molecule is Cc1nn(C)c2nc(NNC(=O)C(C)c3cc(Cl)nc(O[11CH3])c3)cc(C(C)C)c12. The molecule has 0 bridgehead atoms. The smallest absolute Gasteiger partial charge is 0.245 e. The van der Waals surface area contributed by atoms with Crippen LogP contribution >= 0.6 is 11.6 Å². The molecule has 0 fully saturated rings. The third-order valence-electron chi connectivity index (χ3n) is 4.83. The Morgan fingerprint density at radius 2 is 1.93 bits per heavy atom. The molecular formula is C20H25ClN6O2. The Kier molecular flexibility index (Phi) is 5.93. The Hall–Kier alpha value is -2.87. The first-order chi connectivity index (χ1) is 13.7. The van der Waals surface area contributed by atoms with Gasteiger partial charge in [-0.1, -0.05) is 25.4 Å². The van der Waals surface area contributed by atoms with Gasteiger partial charge >= 0.3 is 0 Å². The summed E-state index contributed by atoms with van der Waals surface area (Å²) in [6.45, 7) is 7.99. The average molecular weight is 416 g/mol. The highest BCUT2D eigenvalue weighted by atomic mass is 35.5. The van der Waals surface area contributed by atoms with Crippen molar-refractivity contribution in [1.82, 2.24) is 25.2 Å². The van der Waals surface area contributed by atoms with Crippen LogP contribution in [-0.2, 0) is 11.8 Å². The van der Waals surface area contributed by atoms with Crippen LogP contribution in [-0.4, -0.2) is 32.8 Å². The van der Waals surface area contributed by atoms with Gasteiger partial charge in [0, 0.05) is 18.5 Å². The van der Waals surface area contributed by atoms with Gasteiger partial charge in [0.15, 0.2) is 5.65 Å². The molecule has 0 aromatic carbocycles. The summed E-state index contributed by atoms with van der Waals surface area (Å²) in [7, 11) is 3.36. The van der Waals surface area contributed by atoms with E-state index in [2.05, 4.69) is 39.8 Å². The summed E-state index contributed by atoms with van der Waals surface area (Å²) < 4.78 is 6.87. The summed E-state index contributed by atoms with van der Waals surface area (Å²) in [4.78, 5) is 21.3. The zero-order valence-corrected chi connectivity index (χ0v) is 18.1. The molecule has 1 unspecified atom stereocenters. The molecule has 2 N–H and O–H groups in total. The molecule has 8 nitrogen and oxygen atoms in total. The molecule has 0 aliphatic carbocycles. The third-order valence-corrected chi connectivity index (χ3v) is 5.02. The van der Waals surface area contributed by atoms with Crippen LogP contribution in [0.2, 0.25) is 5.15 Å². The normalized spacial score (nSPS) is 12.3. The Morgan fingerprint density at radius 1 is 1.21 bits per heavy atom. The standard InChI is InChI=1S/C20H25ClN6O2/c1-10(2)14-9-16(23-19-18(14)12(4)26-27(19)5)24-25-20(28)11(3)13-7-15(21)22-17(8-13)29-6/h7-11H,1-6H3,(H,23,24)(H,25,28)/i6-1. The molecule has 0 radical (unpaired) electrons. The number of amides is 1. The molecule has 3 aromatic rings. The maximum absolute atomic E-state index is 12.7. The van der Waals surface area contributed by atoms with Crippen molar-refractivity contribution in [3.8, 4) is 5.88 Å². The number of methoxy groups -OCH3 is 1. The highest BCUT2D eigenvalue weighted by Crippen LogP contribution is 2.29. The van der Waals surface area contributed by atoms with Crippen molar-refractivity contribution < 1.29 is 9.53 Å². The largest absolute Gasteiger partial charge is 0.481 e. The number of nitrogens with zero attached hydrogens (tertiary/aromatic N) is 4. The number of ether oxygens (including phenoxy) is 1. The van der Waals surface area contributed by atoms with E-state index in [4.69, 9.17) is 16.3 Å². The van der Waals surface area contributed by atoms with Gasteiger partial charge < -0.3 is 4.74 Å². The number of pyridine rings is 2. The van der Waals surface area contributed by atoms with E-state index in [1.54, 1.807) is 23.7 Å². The molecule has 1 amide bonds. The fourth-order valence-corrected chi connectivity index (χ4v) is 3.44. The average Bonchev–Trinajstić information content (AvgIpc) is 2.97. The molecule has 3 aromatic heterocycles. The first-order valence-electron chi connectivity index (χ1n) is 9.32. The van der Waals surface area contributed by atoms with Gasteiger partial charge in [0.1, 0.15) is 11.0 Å². The predicted octanol–water partition coefficient (Wildman–Crippen LogP) is 3.70. The number of hydrogen-bond acceptors (Lipinski definition) is 6. The van der Waals surface area contributed by atoms with Crippen LogP contribution in [0.1, 0.15) is 49.4 Å². The summed E-state index contributed by atoms with van der Waals surface area (Å²) in [5.74, 6) is 0.494. The zero-order chi connectivity index (χ0) is 21.3. The molecule has 0 aliphatic heterocycles. The molecule has 1 atom stereocenters. The zero-order valence-electron chi connectivity index (χ0n) is 17.4. The lowest BCUT2D eigenvalue weighted by molar-refractivity contribution is -0.121. The first kappa shape index (κ1) is 20.9. The Morgan fingerprint density at radius 3 is 2.59 bits per heavy atom. The van der Waals surface area contributed by atoms with Crippen molar-refractivity contribution in [2.45, 2.75) is 39.5 Å². The van der Waals surface area contributed by atoms with Gasteiger partial charge in [0.05, 0.1) is 18.7 Å². The molecular weight excluding hydrogens is 391 g/mol. The number of aryl methyl sites for hydroxylation is 2. The van der Waals surface area contributed by atoms with E-state index in [9.17, 15) is 4.79 Å². The second kappa shape index (κ2) is 8.24. The van der Waals surface area contributed by atoms with Crippen LogP contribution in [0, 0.1) is 6.92 Å². The molecule has 3 heterocycles. The van der Waals surface area contributed by atoms with E-state index in [1.165, 1.54) is 7.11 Å². The third kappa shape index (κ3) is 4.27. The lowest BCUT2D eigenvalue weighted by Gasteiger charge is -2.16. The molecule has 0 saturated carbocycles. The topological polar surface area (TPSA) is 94.0 Å². The Bertz CT molecular complexity index is 1060. The second-order valence-corrected chi connectivity index (χ2v) is 7.65. The van der Waals surface area contributed by atoms with Crippen molar-refractivity contribution in [2.75, 3.05) is 12.5 Å². The number of rotatable bonds is 6. The number of aromatic nitrogens is 4. The monoisotopic (exact) mass is 415 g/mol. The van der Waals surface area contributed by atoms with Crippen molar-refractivity contribution in [3.05, 3.63) is 40.2 Å². The predicted molar refractivity (Wildman–Crippen MR) is 113 cm³/mol. The van der Waals surface area contributed by atoms with Crippen molar-refractivity contribution >= 4 is 34.4 Å². The molecule has 3 rings (SSSR count).